The van der Waals surface area contributed by atoms with Crippen molar-refractivity contribution in [2.45, 2.75) is 64.6 Å². The van der Waals surface area contributed by atoms with Crippen molar-refractivity contribution in [1.82, 2.24) is 5.06 Å². The van der Waals surface area contributed by atoms with Gasteiger partial charge < -0.3 is 0 Å². The number of hydroxylamine groups is 2. The van der Waals surface area contributed by atoms with Gasteiger partial charge in [-0.3, -0.25) is 4.84 Å². The predicted octanol–water partition coefficient (Wildman–Crippen LogP) is 4.16. The van der Waals surface area contributed by atoms with Crippen molar-refractivity contribution in [1.29, 1.82) is 0 Å². The number of benzene rings is 1. The first-order valence-electron chi connectivity index (χ1n) is 6.89. The van der Waals surface area contributed by atoms with Gasteiger partial charge in [0.1, 0.15) is 0 Å². The molecule has 1 heterocycles. The minimum absolute atomic E-state index is 0.122. The maximum Gasteiger partial charge on any atom is 0.0936 e. The fourth-order valence-corrected chi connectivity index (χ4v) is 3.04. The van der Waals surface area contributed by atoms with Crippen LogP contribution in [0.3, 0.4) is 0 Å². The molecule has 2 rings (SSSR count). The maximum atomic E-state index is 6.13. The lowest BCUT2D eigenvalue weighted by Crippen LogP contribution is -2.58. The molecular weight excluding hydrogens is 222 g/mol. The second kappa shape index (κ2) is 5.02. The Morgan fingerprint density at radius 3 is 2.11 bits per heavy atom. The molecule has 1 aromatic carbocycles. The molecule has 0 unspecified atom stereocenters. The van der Waals surface area contributed by atoms with E-state index >= 15 is 0 Å². The highest BCUT2D eigenvalue weighted by Gasteiger charge is 2.42. The van der Waals surface area contributed by atoms with Crippen LogP contribution in [0.25, 0.3) is 0 Å². The Labute approximate surface area is 111 Å². The molecule has 0 aromatic heterocycles. The first-order chi connectivity index (χ1) is 8.42. The molecule has 0 atom stereocenters. The molecule has 1 aliphatic heterocycles. The van der Waals surface area contributed by atoms with Crippen molar-refractivity contribution >= 4 is 0 Å². The Hall–Kier alpha value is -0.860. The van der Waals surface area contributed by atoms with Crippen LogP contribution in [0.4, 0.5) is 0 Å². The van der Waals surface area contributed by atoms with Crippen LogP contribution < -0.4 is 0 Å². The minimum Gasteiger partial charge on any atom is -0.293 e. The van der Waals surface area contributed by atoms with E-state index in [1.165, 1.54) is 24.8 Å². The minimum atomic E-state index is 0.122. The smallest absolute Gasteiger partial charge is 0.0936 e. The molecule has 0 spiro atoms. The van der Waals surface area contributed by atoms with Gasteiger partial charge in [-0.2, -0.15) is 5.06 Å². The van der Waals surface area contributed by atoms with Crippen molar-refractivity contribution in [3.63, 3.8) is 0 Å². The van der Waals surface area contributed by atoms with E-state index in [0.29, 0.717) is 6.61 Å². The summed E-state index contributed by atoms with van der Waals surface area (Å²) >= 11 is 0. The Kier molecular flexibility index (Phi) is 3.79. The molecule has 2 nitrogen and oxygen atoms in total. The highest BCUT2D eigenvalue weighted by Crippen LogP contribution is 2.38. The summed E-state index contributed by atoms with van der Waals surface area (Å²) in [5, 5.41) is 2.22. The van der Waals surface area contributed by atoms with E-state index < -0.39 is 0 Å². The fourth-order valence-electron chi connectivity index (χ4n) is 3.04. The Morgan fingerprint density at radius 2 is 1.56 bits per heavy atom. The molecule has 0 N–H and O–H groups in total. The van der Waals surface area contributed by atoms with Crippen molar-refractivity contribution in [2.24, 2.45) is 0 Å². The molecule has 1 saturated heterocycles. The van der Waals surface area contributed by atoms with Crippen LogP contribution in [0.15, 0.2) is 30.3 Å². The second-order valence-corrected chi connectivity index (χ2v) is 6.53. The summed E-state index contributed by atoms with van der Waals surface area (Å²) in [4.78, 5) is 6.13. The Balaban J connectivity index is 2.05. The molecule has 0 radical (unpaired) electrons. The quantitative estimate of drug-likeness (QED) is 0.795. The Morgan fingerprint density at radius 1 is 1.00 bits per heavy atom. The third kappa shape index (κ3) is 2.93. The number of rotatable bonds is 3. The normalized spacial score (nSPS) is 22.9. The molecule has 100 valence electrons. The fraction of sp³-hybridized carbons (Fsp3) is 0.625. The second-order valence-electron chi connectivity index (χ2n) is 6.53. The van der Waals surface area contributed by atoms with Gasteiger partial charge in [0.2, 0.25) is 0 Å². The van der Waals surface area contributed by atoms with Gasteiger partial charge in [0, 0.05) is 11.1 Å². The summed E-state index contributed by atoms with van der Waals surface area (Å²) in [6.07, 6.45) is 3.68. The first-order valence-corrected chi connectivity index (χ1v) is 6.89. The zero-order valence-electron chi connectivity index (χ0n) is 12.1. The molecule has 18 heavy (non-hydrogen) atoms. The SMILES string of the molecule is CC1(C)CCCC(C)(C)N1OCc1ccccc1. The van der Waals surface area contributed by atoms with Crippen molar-refractivity contribution in [3.05, 3.63) is 35.9 Å². The summed E-state index contributed by atoms with van der Waals surface area (Å²) in [5.74, 6) is 0. The first kappa shape index (κ1) is 13.6. The highest BCUT2D eigenvalue weighted by molar-refractivity contribution is 5.13. The monoisotopic (exact) mass is 247 g/mol. The van der Waals surface area contributed by atoms with Gasteiger partial charge in [-0.15, -0.1) is 0 Å². The molecular formula is C16H25NO. The van der Waals surface area contributed by atoms with Crippen LogP contribution in [0, 0.1) is 0 Å². The van der Waals surface area contributed by atoms with E-state index in [0.717, 1.165) is 0 Å². The van der Waals surface area contributed by atoms with Gasteiger partial charge in [-0.25, -0.2) is 0 Å². The van der Waals surface area contributed by atoms with E-state index in [2.05, 4.69) is 57.0 Å². The van der Waals surface area contributed by atoms with Crippen LogP contribution in [-0.4, -0.2) is 16.1 Å². The number of hydrogen-bond acceptors (Lipinski definition) is 2. The topological polar surface area (TPSA) is 12.5 Å². The zero-order valence-corrected chi connectivity index (χ0v) is 12.1. The van der Waals surface area contributed by atoms with Crippen LogP contribution in [0.1, 0.15) is 52.5 Å². The summed E-state index contributed by atoms with van der Waals surface area (Å²) in [6, 6.07) is 10.4. The summed E-state index contributed by atoms with van der Waals surface area (Å²) in [6.45, 7) is 9.77. The molecule has 0 aliphatic carbocycles. The van der Waals surface area contributed by atoms with Gasteiger partial charge in [0.25, 0.3) is 0 Å². The van der Waals surface area contributed by atoms with Crippen LogP contribution in [0.5, 0.6) is 0 Å². The zero-order chi connectivity index (χ0) is 13.2. The van der Waals surface area contributed by atoms with Gasteiger partial charge in [0.05, 0.1) is 6.61 Å². The van der Waals surface area contributed by atoms with Crippen molar-refractivity contribution < 1.29 is 4.84 Å². The Bertz CT molecular complexity index is 367. The van der Waals surface area contributed by atoms with Crippen LogP contribution in [0.2, 0.25) is 0 Å². The summed E-state index contributed by atoms with van der Waals surface area (Å²) in [7, 11) is 0. The molecule has 1 aromatic rings. The van der Waals surface area contributed by atoms with Crippen molar-refractivity contribution in [3.8, 4) is 0 Å². The average Bonchev–Trinajstić information content (AvgIpc) is 2.28. The van der Waals surface area contributed by atoms with E-state index in [9.17, 15) is 0 Å². The van der Waals surface area contributed by atoms with E-state index in [4.69, 9.17) is 4.84 Å². The van der Waals surface area contributed by atoms with Crippen LogP contribution in [-0.2, 0) is 11.4 Å². The lowest BCUT2D eigenvalue weighted by Gasteiger charge is -2.51. The van der Waals surface area contributed by atoms with Gasteiger partial charge in [0.15, 0.2) is 0 Å². The molecule has 0 amide bonds. The van der Waals surface area contributed by atoms with Gasteiger partial charge in [-0.05, 0) is 52.5 Å². The molecule has 1 fully saturated rings. The van der Waals surface area contributed by atoms with Crippen molar-refractivity contribution in [2.75, 3.05) is 0 Å². The third-order valence-electron chi connectivity index (χ3n) is 3.88. The number of hydrogen-bond donors (Lipinski definition) is 0. The van der Waals surface area contributed by atoms with Gasteiger partial charge in [-0.1, -0.05) is 30.3 Å². The molecule has 2 heteroatoms. The standard InChI is InChI=1S/C16H25NO/c1-15(2)11-8-12-16(3,4)17(15)18-13-14-9-6-5-7-10-14/h5-7,9-10H,8,11-13H2,1-4H3. The largest absolute Gasteiger partial charge is 0.293 e. The summed E-state index contributed by atoms with van der Waals surface area (Å²) < 4.78 is 0. The molecule has 0 saturated carbocycles. The average molecular weight is 247 g/mol. The van der Waals surface area contributed by atoms with Crippen LogP contribution >= 0.6 is 0 Å². The predicted molar refractivity (Wildman–Crippen MR) is 75.1 cm³/mol. The van der Waals surface area contributed by atoms with E-state index in [1.807, 2.05) is 6.07 Å². The third-order valence-corrected chi connectivity index (χ3v) is 3.88. The maximum absolute atomic E-state index is 6.13. The number of piperidine rings is 1. The molecule has 0 bridgehead atoms. The van der Waals surface area contributed by atoms with E-state index in [1.54, 1.807) is 0 Å². The lowest BCUT2D eigenvalue weighted by atomic mass is 9.82. The van der Waals surface area contributed by atoms with E-state index in [-0.39, 0.29) is 11.1 Å². The lowest BCUT2D eigenvalue weighted by molar-refractivity contribution is -0.288. The highest BCUT2D eigenvalue weighted by atomic mass is 16.7. The van der Waals surface area contributed by atoms with Gasteiger partial charge >= 0.3 is 0 Å². The number of nitrogens with zero attached hydrogens (tertiary/aromatic N) is 1. The molecule has 1 aliphatic rings. The summed E-state index contributed by atoms with van der Waals surface area (Å²) in [5.41, 5.74) is 1.47.